The van der Waals surface area contributed by atoms with Gasteiger partial charge in [-0.15, -0.1) is 11.3 Å². The molecule has 2 aromatic rings. The smallest absolute Gasteiger partial charge is 0.141 e. The van der Waals surface area contributed by atoms with Crippen molar-refractivity contribution in [3.8, 4) is 0 Å². The maximum atomic E-state index is 4.81. The van der Waals surface area contributed by atoms with Gasteiger partial charge in [0.05, 0.1) is 5.39 Å². The van der Waals surface area contributed by atoms with Crippen LogP contribution in [0.15, 0.2) is 6.07 Å². The van der Waals surface area contributed by atoms with Crippen molar-refractivity contribution in [2.24, 2.45) is 5.92 Å². The normalized spacial score (nSPS) is 20.2. The summed E-state index contributed by atoms with van der Waals surface area (Å²) in [5, 5.41) is 1.24. The fraction of sp³-hybridized carbons (Fsp3) is 0.600. The van der Waals surface area contributed by atoms with E-state index in [4.69, 9.17) is 4.98 Å². The van der Waals surface area contributed by atoms with E-state index < -0.39 is 0 Å². The summed E-state index contributed by atoms with van der Waals surface area (Å²) in [6.45, 7) is 8.88. The van der Waals surface area contributed by atoms with Gasteiger partial charge in [-0.25, -0.2) is 9.97 Å². The molecular weight excluding hydrogens is 254 g/mol. The predicted octanol–water partition coefficient (Wildman–Crippen LogP) is 3.80. The van der Waals surface area contributed by atoms with E-state index in [0.29, 0.717) is 0 Å². The van der Waals surface area contributed by atoms with Gasteiger partial charge in [0.2, 0.25) is 0 Å². The van der Waals surface area contributed by atoms with Gasteiger partial charge in [-0.3, -0.25) is 0 Å². The van der Waals surface area contributed by atoms with Crippen LogP contribution in [0.3, 0.4) is 0 Å². The van der Waals surface area contributed by atoms with E-state index in [1.807, 2.05) is 0 Å². The number of aryl methyl sites for hydroxylation is 2. The summed E-state index contributed by atoms with van der Waals surface area (Å²) < 4.78 is 0. The second kappa shape index (κ2) is 5.08. The Labute approximate surface area is 118 Å². The molecule has 0 N–H and O–H groups in total. The molecule has 0 radical (unpaired) electrons. The van der Waals surface area contributed by atoms with Gasteiger partial charge in [0.25, 0.3) is 0 Å². The Hall–Kier alpha value is -1.16. The molecule has 19 heavy (non-hydrogen) atoms. The first-order chi connectivity index (χ1) is 9.17. The van der Waals surface area contributed by atoms with Crippen LogP contribution in [-0.4, -0.2) is 23.1 Å². The summed E-state index contributed by atoms with van der Waals surface area (Å²) in [5.41, 5.74) is 0. The number of nitrogens with zero attached hydrogens (tertiary/aromatic N) is 3. The molecule has 102 valence electrons. The van der Waals surface area contributed by atoms with Crippen LogP contribution in [0.25, 0.3) is 10.2 Å². The molecular formula is C15H21N3S. The van der Waals surface area contributed by atoms with Crippen LogP contribution in [-0.2, 0) is 6.42 Å². The van der Waals surface area contributed by atoms with Crippen molar-refractivity contribution in [2.45, 2.75) is 40.0 Å². The second-order valence-electron chi connectivity index (χ2n) is 5.59. The molecule has 2 aromatic heterocycles. The topological polar surface area (TPSA) is 29.0 Å². The van der Waals surface area contributed by atoms with E-state index >= 15 is 0 Å². The minimum atomic E-state index is 0.767. The summed E-state index contributed by atoms with van der Waals surface area (Å²) in [6.07, 6.45) is 3.52. The first kappa shape index (κ1) is 12.9. The fourth-order valence-corrected chi connectivity index (χ4v) is 3.74. The number of anilines is 1. The minimum Gasteiger partial charge on any atom is -0.356 e. The Bertz CT molecular complexity index is 590. The highest BCUT2D eigenvalue weighted by atomic mass is 32.1. The van der Waals surface area contributed by atoms with Gasteiger partial charge in [-0.2, -0.15) is 0 Å². The molecule has 0 aromatic carbocycles. The third-order valence-corrected chi connectivity index (χ3v) is 4.76. The highest BCUT2D eigenvalue weighted by Gasteiger charge is 2.21. The summed E-state index contributed by atoms with van der Waals surface area (Å²) in [4.78, 5) is 14.4. The van der Waals surface area contributed by atoms with Crippen molar-refractivity contribution in [3.63, 3.8) is 0 Å². The lowest BCUT2D eigenvalue weighted by Gasteiger charge is -2.32. The molecule has 4 heteroatoms. The first-order valence-corrected chi connectivity index (χ1v) is 8.01. The standard InChI is InChI=1S/C15H21N3S/c1-4-13-16-14(18-7-5-6-10(2)9-18)12-8-11(3)19-15(12)17-13/h8,10H,4-7,9H2,1-3H3. The van der Waals surface area contributed by atoms with Crippen molar-refractivity contribution >= 4 is 27.4 Å². The Morgan fingerprint density at radius 3 is 3.00 bits per heavy atom. The molecule has 1 aliphatic heterocycles. The third kappa shape index (κ3) is 2.46. The Morgan fingerprint density at radius 1 is 1.42 bits per heavy atom. The molecule has 0 spiro atoms. The minimum absolute atomic E-state index is 0.767. The zero-order chi connectivity index (χ0) is 13.4. The molecule has 3 nitrogen and oxygen atoms in total. The Balaban J connectivity index is 2.09. The highest BCUT2D eigenvalue weighted by molar-refractivity contribution is 7.18. The van der Waals surface area contributed by atoms with Crippen molar-refractivity contribution in [1.29, 1.82) is 0 Å². The van der Waals surface area contributed by atoms with Gasteiger partial charge < -0.3 is 4.90 Å². The number of aromatic nitrogens is 2. The van der Waals surface area contributed by atoms with E-state index in [1.165, 1.54) is 23.1 Å². The van der Waals surface area contributed by atoms with E-state index in [2.05, 4.69) is 36.7 Å². The van der Waals surface area contributed by atoms with Crippen LogP contribution < -0.4 is 4.90 Å². The number of piperidine rings is 1. The lowest BCUT2D eigenvalue weighted by molar-refractivity contribution is 0.445. The summed E-state index contributed by atoms with van der Waals surface area (Å²) in [7, 11) is 0. The van der Waals surface area contributed by atoms with Gasteiger partial charge in [0, 0.05) is 24.4 Å². The monoisotopic (exact) mass is 275 g/mol. The lowest BCUT2D eigenvalue weighted by Crippen LogP contribution is -2.35. The van der Waals surface area contributed by atoms with Crippen molar-refractivity contribution < 1.29 is 0 Å². The van der Waals surface area contributed by atoms with Crippen LogP contribution >= 0.6 is 11.3 Å². The Kier molecular flexibility index (Phi) is 3.44. The summed E-state index contributed by atoms with van der Waals surface area (Å²) in [5.74, 6) is 2.91. The molecule has 1 atom stereocenters. The fourth-order valence-electron chi connectivity index (χ4n) is 2.85. The largest absolute Gasteiger partial charge is 0.356 e. The van der Waals surface area contributed by atoms with E-state index in [-0.39, 0.29) is 0 Å². The van der Waals surface area contributed by atoms with E-state index in [0.717, 1.165) is 41.9 Å². The zero-order valence-electron chi connectivity index (χ0n) is 11.9. The second-order valence-corrected chi connectivity index (χ2v) is 6.82. The number of thiophene rings is 1. The molecule has 1 aliphatic rings. The zero-order valence-corrected chi connectivity index (χ0v) is 12.8. The van der Waals surface area contributed by atoms with Crippen LogP contribution in [0.5, 0.6) is 0 Å². The van der Waals surface area contributed by atoms with Gasteiger partial charge in [0.15, 0.2) is 0 Å². The molecule has 0 bridgehead atoms. The van der Waals surface area contributed by atoms with Crippen LogP contribution in [0.4, 0.5) is 5.82 Å². The quantitative estimate of drug-likeness (QED) is 0.835. The molecule has 3 rings (SSSR count). The SMILES string of the molecule is CCc1nc(N2CCCC(C)C2)c2cc(C)sc2n1. The van der Waals surface area contributed by atoms with Gasteiger partial charge in [-0.05, 0) is 31.7 Å². The average Bonchev–Trinajstić information content (AvgIpc) is 2.77. The van der Waals surface area contributed by atoms with Gasteiger partial charge in [-0.1, -0.05) is 13.8 Å². The molecule has 0 amide bonds. The van der Waals surface area contributed by atoms with Crippen molar-refractivity contribution in [3.05, 3.63) is 16.8 Å². The third-order valence-electron chi connectivity index (χ3n) is 3.81. The lowest BCUT2D eigenvalue weighted by atomic mass is 10.0. The maximum Gasteiger partial charge on any atom is 0.141 e. The molecule has 0 aliphatic carbocycles. The molecule has 1 unspecified atom stereocenters. The van der Waals surface area contributed by atoms with Crippen LogP contribution in [0.1, 0.15) is 37.4 Å². The van der Waals surface area contributed by atoms with E-state index in [9.17, 15) is 0 Å². The predicted molar refractivity (Wildman–Crippen MR) is 82.1 cm³/mol. The average molecular weight is 275 g/mol. The summed E-state index contributed by atoms with van der Waals surface area (Å²) >= 11 is 1.78. The van der Waals surface area contributed by atoms with E-state index in [1.54, 1.807) is 11.3 Å². The first-order valence-electron chi connectivity index (χ1n) is 7.19. The van der Waals surface area contributed by atoms with Crippen molar-refractivity contribution in [1.82, 2.24) is 9.97 Å². The number of hydrogen-bond donors (Lipinski definition) is 0. The maximum absolute atomic E-state index is 4.81. The number of fused-ring (bicyclic) bond motifs is 1. The van der Waals surface area contributed by atoms with Crippen molar-refractivity contribution in [2.75, 3.05) is 18.0 Å². The highest BCUT2D eigenvalue weighted by Crippen LogP contribution is 2.32. The molecule has 3 heterocycles. The summed E-state index contributed by atoms with van der Waals surface area (Å²) in [6, 6.07) is 2.24. The van der Waals surface area contributed by atoms with Gasteiger partial charge in [0.1, 0.15) is 16.5 Å². The van der Waals surface area contributed by atoms with Gasteiger partial charge >= 0.3 is 0 Å². The van der Waals surface area contributed by atoms with Crippen LogP contribution in [0.2, 0.25) is 0 Å². The molecule has 0 saturated carbocycles. The number of rotatable bonds is 2. The molecule has 1 fully saturated rings. The number of hydrogen-bond acceptors (Lipinski definition) is 4. The molecule has 1 saturated heterocycles. The van der Waals surface area contributed by atoms with Crippen LogP contribution in [0, 0.1) is 12.8 Å². The Morgan fingerprint density at radius 2 is 2.26 bits per heavy atom.